The molecule has 1 aliphatic rings. The molecule has 1 aromatic carbocycles. The molecule has 4 heteroatoms. The van der Waals surface area contributed by atoms with Crippen LogP contribution in [0.2, 0.25) is 5.02 Å². The summed E-state index contributed by atoms with van der Waals surface area (Å²) in [4.78, 5) is 0. The topological polar surface area (TPSA) is 47.3 Å². The van der Waals surface area contributed by atoms with Crippen LogP contribution in [0, 0.1) is 0 Å². The van der Waals surface area contributed by atoms with Crippen LogP contribution in [0.5, 0.6) is 0 Å². The van der Waals surface area contributed by atoms with Gasteiger partial charge >= 0.3 is 0 Å². The summed E-state index contributed by atoms with van der Waals surface area (Å²) in [6.45, 7) is 2.95. The molecule has 2 rings (SSSR count). The smallest absolute Gasteiger partial charge is 0.0824 e. The Bertz CT molecular complexity index is 360. The zero-order valence-corrected chi connectivity index (χ0v) is 10.8. The SMILES string of the molecule is CC1(C(Cc2ccc(Cl)cc2)NN)CCCO1. The lowest BCUT2D eigenvalue weighted by Gasteiger charge is -2.33. The molecular weight excluding hydrogens is 236 g/mol. The van der Waals surface area contributed by atoms with E-state index in [0.717, 1.165) is 30.9 Å². The fraction of sp³-hybridized carbons (Fsp3) is 0.538. The Morgan fingerprint density at radius 2 is 2.18 bits per heavy atom. The number of hydrazine groups is 1. The molecule has 2 atom stereocenters. The number of hydrogen-bond donors (Lipinski definition) is 2. The molecule has 0 amide bonds. The van der Waals surface area contributed by atoms with Gasteiger partial charge in [-0.05, 0) is 43.9 Å². The predicted molar refractivity (Wildman–Crippen MR) is 69.9 cm³/mol. The van der Waals surface area contributed by atoms with Crippen molar-refractivity contribution >= 4 is 11.6 Å². The zero-order chi connectivity index (χ0) is 12.3. The summed E-state index contributed by atoms with van der Waals surface area (Å²) >= 11 is 5.87. The van der Waals surface area contributed by atoms with E-state index in [1.807, 2.05) is 24.3 Å². The Kier molecular flexibility index (Phi) is 4.05. The van der Waals surface area contributed by atoms with Gasteiger partial charge in [0.05, 0.1) is 11.6 Å². The Hall–Kier alpha value is -0.610. The van der Waals surface area contributed by atoms with Crippen LogP contribution >= 0.6 is 11.6 Å². The molecule has 94 valence electrons. The van der Waals surface area contributed by atoms with E-state index < -0.39 is 0 Å². The Morgan fingerprint density at radius 1 is 1.47 bits per heavy atom. The summed E-state index contributed by atoms with van der Waals surface area (Å²) in [5.74, 6) is 5.66. The summed E-state index contributed by atoms with van der Waals surface area (Å²) in [5.41, 5.74) is 3.95. The number of ether oxygens (including phenoxy) is 1. The number of halogens is 1. The first kappa shape index (κ1) is 12.8. The van der Waals surface area contributed by atoms with Gasteiger partial charge in [-0.15, -0.1) is 0 Å². The van der Waals surface area contributed by atoms with Crippen LogP contribution in [-0.2, 0) is 11.2 Å². The number of nitrogens with one attached hydrogen (secondary N) is 1. The number of hydrogen-bond acceptors (Lipinski definition) is 3. The van der Waals surface area contributed by atoms with E-state index in [0.29, 0.717) is 0 Å². The van der Waals surface area contributed by atoms with Gasteiger partial charge in [-0.25, -0.2) is 0 Å². The van der Waals surface area contributed by atoms with Crippen LogP contribution in [0.3, 0.4) is 0 Å². The van der Waals surface area contributed by atoms with Gasteiger partial charge in [-0.1, -0.05) is 23.7 Å². The number of benzene rings is 1. The minimum atomic E-state index is -0.158. The quantitative estimate of drug-likeness (QED) is 0.640. The largest absolute Gasteiger partial charge is 0.374 e. The minimum Gasteiger partial charge on any atom is -0.374 e. The highest BCUT2D eigenvalue weighted by Crippen LogP contribution is 2.30. The molecule has 3 N–H and O–H groups in total. The van der Waals surface area contributed by atoms with Gasteiger partial charge in [0.15, 0.2) is 0 Å². The molecule has 0 saturated carbocycles. The second-order valence-electron chi connectivity index (χ2n) is 4.81. The van der Waals surface area contributed by atoms with Crippen LogP contribution in [0.15, 0.2) is 24.3 Å². The summed E-state index contributed by atoms with van der Waals surface area (Å²) < 4.78 is 5.82. The monoisotopic (exact) mass is 254 g/mol. The lowest BCUT2D eigenvalue weighted by Crippen LogP contribution is -2.52. The first-order valence-electron chi connectivity index (χ1n) is 5.98. The number of rotatable bonds is 4. The van der Waals surface area contributed by atoms with E-state index >= 15 is 0 Å². The van der Waals surface area contributed by atoms with Gasteiger partial charge in [-0.3, -0.25) is 11.3 Å². The third kappa shape index (κ3) is 2.99. The van der Waals surface area contributed by atoms with Crippen molar-refractivity contribution in [2.45, 2.75) is 37.8 Å². The summed E-state index contributed by atoms with van der Waals surface area (Å²) in [5, 5.41) is 0.759. The van der Waals surface area contributed by atoms with E-state index in [-0.39, 0.29) is 11.6 Å². The molecule has 3 nitrogen and oxygen atoms in total. The van der Waals surface area contributed by atoms with Crippen LogP contribution in [-0.4, -0.2) is 18.2 Å². The van der Waals surface area contributed by atoms with Gasteiger partial charge in [-0.2, -0.15) is 0 Å². The third-order valence-corrected chi connectivity index (χ3v) is 3.79. The maximum Gasteiger partial charge on any atom is 0.0824 e. The molecule has 0 aliphatic carbocycles. The van der Waals surface area contributed by atoms with Crippen molar-refractivity contribution in [2.24, 2.45) is 5.84 Å². The van der Waals surface area contributed by atoms with Gasteiger partial charge in [0.2, 0.25) is 0 Å². The first-order chi connectivity index (χ1) is 8.14. The second kappa shape index (κ2) is 5.36. The fourth-order valence-corrected chi connectivity index (χ4v) is 2.51. The average molecular weight is 255 g/mol. The van der Waals surface area contributed by atoms with E-state index in [9.17, 15) is 0 Å². The highest BCUT2D eigenvalue weighted by Gasteiger charge is 2.37. The molecule has 1 aromatic rings. The molecule has 17 heavy (non-hydrogen) atoms. The third-order valence-electron chi connectivity index (χ3n) is 3.54. The van der Waals surface area contributed by atoms with Crippen molar-refractivity contribution in [1.82, 2.24) is 5.43 Å². The molecule has 0 spiro atoms. The molecule has 1 heterocycles. The van der Waals surface area contributed by atoms with Crippen molar-refractivity contribution in [3.8, 4) is 0 Å². The van der Waals surface area contributed by atoms with Crippen LogP contribution in [0.25, 0.3) is 0 Å². The van der Waals surface area contributed by atoms with E-state index in [1.165, 1.54) is 5.56 Å². The maximum atomic E-state index is 5.87. The molecule has 1 fully saturated rings. The molecule has 0 aromatic heterocycles. The normalized spacial score (nSPS) is 26.1. The van der Waals surface area contributed by atoms with Crippen LogP contribution in [0.4, 0.5) is 0 Å². The summed E-state index contributed by atoms with van der Waals surface area (Å²) in [6.07, 6.45) is 3.01. The minimum absolute atomic E-state index is 0.131. The van der Waals surface area contributed by atoms with E-state index in [4.69, 9.17) is 22.2 Å². The highest BCUT2D eigenvalue weighted by atomic mass is 35.5. The van der Waals surface area contributed by atoms with E-state index in [2.05, 4.69) is 12.3 Å². The van der Waals surface area contributed by atoms with Crippen molar-refractivity contribution in [2.75, 3.05) is 6.61 Å². The fourth-order valence-electron chi connectivity index (χ4n) is 2.38. The van der Waals surface area contributed by atoms with Crippen molar-refractivity contribution < 1.29 is 4.74 Å². The zero-order valence-electron chi connectivity index (χ0n) is 10.1. The van der Waals surface area contributed by atoms with Crippen molar-refractivity contribution in [3.05, 3.63) is 34.9 Å². The second-order valence-corrected chi connectivity index (χ2v) is 5.25. The first-order valence-corrected chi connectivity index (χ1v) is 6.36. The predicted octanol–water partition coefficient (Wildman–Crippen LogP) is 2.28. The standard InChI is InChI=1S/C13H19ClN2O/c1-13(7-2-8-17-13)12(16-15)9-10-3-5-11(14)6-4-10/h3-6,12,16H,2,7-9,15H2,1H3. The van der Waals surface area contributed by atoms with Crippen LogP contribution < -0.4 is 11.3 Å². The molecule has 0 radical (unpaired) electrons. The van der Waals surface area contributed by atoms with Gasteiger partial charge < -0.3 is 4.74 Å². The average Bonchev–Trinajstić information content (AvgIpc) is 2.76. The van der Waals surface area contributed by atoms with Crippen molar-refractivity contribution in [3.63, 3.8) is 0 Å². The Morgan fingerprint density at radius 3 is 2.71 bits per heavy atom. The summed E-state index contributed by atoms with van der Waals surface area (Å²) in [7, 11) is 0. The maximum absolute atomic E-state index is 5.87. The van der Waals surface area contributed by atoms with Crippen LogP contribution in [0.1, 0.15) is 25.3 Å². The molecule has 2 unspecified atom stereocenters. The van der Waals surface area contributed by atoms with Gasteiger partial charge in [0.25, 0.3) is 0 Å². The lowest BCUT2D eigenvalue weighted by molar-refractivity contribution is -0.0115. The Labute approximate surface area is 107 Å². The van der Waals surface area contributed by atoms with Crippen molar-refractivity contribution in [1.29, 1.82) is 0 Å². The highest BCUT2D eigenvalue weighted by molar-refractivity contribution is 6.30. The lowest BCUT2D eigenvalue weighted by atomic mass is 9.89. The molecule has 0 bridgehead atoms. The molecule has 1 aliphatic heterocycles. The van der Waals surface area contributed by atoms with Gasteiger partial charge in [0, 0.05) is 11.6 Å². The molecular formula is C13H19ClN2O. The Balaban J connectivity index is 2.06. The summed E-state index contributed by atoms with van der Waals surface area (Å²) in [6, 6.07) is 8.01. The molecule has 1 saturated heterocycles. The number of nitrogens with two attached hydrogens (primary N) is 1. The van der Waals surface area contributed by atoms with E-state index in [1.54, 1.807) is 0 Å². The van der Waals surface area contributed by atoms with Gasteiger partial charge in [0.1, 0.15) is 0 Å².